The van der Waals surface area contributed by atoms with E-state index in [1.54, 1.807) is 0 Å². The number of aromatic nitrogens is 1. The highest BCUT2D eigenvalue weighted by molar-refractivity contribution is 7.00. The zero-order valence-electron chi connectivity index (χ0n) is 27.8. The Labute approximate surface area is 297 Å². The minimum atomic E-state index is -0.435. The molecule has 0 radical (unpaired) electrons. The topological polar surface area (TPSA) is 4.93 Å². The van der Waals surface area contributed by atoms with E-state index in [9.17, 15) is 0 Å². The molecule has 1 nitrogen and oxygen atoms in total. The molecule has 3 aliphatic rings. The fraction of sp³-hybridized carbons (Fsp3) is 0.0204. The molecule has 9 aromatic rings. The van der Waals surface area contributed by atoms with Crippen molar-refractivity contribution in [3.8, 4) is 39.2 Å². The average Bonchev–Trinajstić information content (AvgIpc) is 3.70. The van der Waals surface area contributed by atoms with Gasteiger partial charge in [0.15, 0.2) is 0 Å². The lowest BCUT2D eigenvalue weighted by Gasteiger charge is -2.45. The molecule has 0 saturated carbocycles. The van der Waals surface area contributed by atoms with Crippen LogP contribution >= 0.6 is 0 Å². The van der Waals surface area contributed by atoms with Crippen LogP contribution in [0.1, 0.15) is 22.3 Å². The quantitative estimate of drug-likeness (QED) is 0.165. The molecule has 1 spiro atoms. The van der Waals surface area contributed by atoms with Gasteiger partial charge in [-0.2, -0.15) is 0 Å². The standard InChI is InChI=1S/C49H30BN/c1-3-16-31(17-4-1)44-37-30-33-20-7-8-21-34(33)45-48(37)51(47(44)32-18-5-2-6-19-32)43-29-15-27-41-46(43)50(45)42-28-14-13-26-40(42)49(41)38-24-11-9-22-35(38)36-23-10-12-25-39(36)49/h1-30H. The van der Waals surface area contributed by atoms with Crippen molar-refractivity contribution in [1.82, 2.24) is 4.57 Å². The van der Waals surface area contributed by atoms with Gasteiger partial charge in [-0.15, -0.1) is 0 Å². The van der Waals surface area contributed by atoms with E-state index in [-0.39, 0.29) is 6.71 Å². The monoisotopic (exact) mass is 643 g/mol. The predicted molar refractivity (Wildman–Crippen MR) is 214 cm³/mol. The van der Waals surface area contributed by atoms with E-state index < -0.39 is 5.41 Å². The van der Waals surface area contributed by atoms with Gasteiger partial charge in [0.2, 0.25) is 6.71 Å². The maximum atomic E-state index is 2.64. The molecule has 1 aliphatic carbocycles. The maximum absolute atomic E-state index is 2.64. The highest BCUT2D eigenvalue weighted by Gasteiger charge is 2.54. The highest BCUT2D eigenvalue weighted by Crippen LogP contribution is 2.57. The van der Waals surface area contributed by atoms with Gasteiger partial charge in [0.25, 0.3) is 0 Å². The van der Waals surface area contributed by atoms with Crippen LogP contribution in [0.4, 0.5) is 0 Å². The van der Waals surface area contributed by atoms with Crippen molar-refractivity contribution in [2.75, 3.05) is 0 Å². The molecule has 0 unspecified atom stereocenters. The first-order valence-electron chi connectivity index (χ1n) is 18.0. The van der Waals surface area contributed by atoms with Crippen LogP contribution in [-0.2, 0) is 5.41 Å². The Morgan fingerprint density at radius 3 is 1.76 bits per heavy atom. The Morgan fingerprint density at radius 1 is 0.431 bits per heavy atom. The van der Waals surface area contributed by atoms with E-state index in [0.717, 1.165) is 0 Å². The maximum Gasteiger partial charge on any atom is 0.248 e. The van der Waals surface area contributed by atoms with E-state index in [1.807, 2.05) is 0 Å². The number of benzene rings is 8. The molecule has 234 valence electrons. The van der Waals surface area contributed by atoms with Crippen LogP contribution in [0.3, 0.4) is 0 Å². The first-order chi connectivity index (χ1) is 25.4. The van der Waals surface area contributed by atoms with Crippen molar-refractivity contribution in [1.29, 1.82) is 0 Å². The number of fused-ring (bicyclic) bond motifs is 13. The summed E-state index contributed by atoms with van der Waals surface area (Å²) in [5, 5.41) is 3.91. The molecule has 51 heavy (non-hydrogen) atoms. The summed E-state index contributed by atoms with van der Waals surface area (Å²) in [7, 11) is 0. The molecular weight excluding hydrogens is 613 g/mol. The van der Waals surface area contributed by atoms with Gasteiger partial charge in [0.05, 0.1) is 16.6 Å². The minimum Gasteiger partial charge on any atom is -0.310 e. The molecule has 2 heteroatoms. The Kier molecular flexibility index (Phi) is 5.31. The van der Waals surface area contributed by atoms with Crippen molar-refractivity contribution in [3.63, 3.8) is 0 Å². The van der Waals surface area contributed by atoms with E-state index in [4.69, 9.17) is 0 Å². The molecular formula is C49H30BN. The summed E-state index contributed by atoms with van der Waals surface area (Å²) < 4.78 is 2.64. The second-order valence-electron chi connectivity index (χ2n) is 14.3. The largest absolute Gasteiger partial charge is 0.310 e. The summed E-state index contributed by atoms with van der Waals surface area (Å²) in [6.07, 6.45) is 0. The van der Waals surface area contributed by atoms with Crippen molar-refractivity contribution in [2.24, 2.45) is 0 Å². The normalized spacial score (nSPS) is 14.0. The molecule has 8 aromatic carbocycles. The van der Waals surface area contributed by atoms with Crippen LogP contribution in [0, 0.1) is 0 Å². The predicted octanol–water partition coefficient (Wildman–Crippen LogP) is 9.62. The molecule has 0 saturated heterocycles. The molecule has 0 bridgehead atoms. The summed E-state index contributed by atoms with van der Waals surface area (Å²) in [6, 6.07) is 68.4. The molecule has 0 N–H and O–H groups in total. The summed E-state index contributed by atoms with van der Waals surface area (Å²) in [5.41, 5.74) is 19.6. The Balaban J connectivity index is 1.34. The van der Waals surface area contributed by atoms with Gasteiger partial charge in [0.1, 0.15) is 0 Å². The number of rotatable bonds is 2. The third-order valence-corrected chi connectivity index (χ3v) is 12.1. The summed E-state index contributed by atoms with van der Waals surface area (Å²) >= 11 is 0. The van der Waals surface area contributed by atoms with Crippen LogP contribution in [0.5, 0.6) is 0 Å². The zero-order valence-corrected chi connectivity index (χ0v) is 27.8. The lowest BCUT2D eigenvalue weighted by molar-refractivity contribution is 0.773. The van der Waals surface area contributed by atoms with E-state index in [0.29, 0.717) is 0 Å². The lowest BCUT2D eigenvalue weighted by Crippen LogP contribution is -2.64. The Hall–Kier alpha value is -6.38. The molecule has 0 atom stereocenters. The SMILES string of the molecule is c1ccc(-c2c(-c3ccccc3)n3c4c(c5ccccc5cc24)B2c4ccccc4C4(c5ccccc5-c5ccccc54)c4cccc-3c42)cc1. The summed E-state index contributed by atoms with van der Waals surface area (Å²) in [5.74, 6) is 0. The molecule has 0 amide bonds. The van der Waals surface area contributed by atoms with Crippen LogP contribution in [0.15, 0.2) is 182 Å². The van der Waals surface area contributed by atoms with Crippen molar-refractivity contribution < 1.29 is 0 Å². The van der Waals surface area contributed by atoms with E-state index in [2.05, 4.69) is 187 Å². The van der Waals surface area contributed by atoms with Crippen LogP contribution in [-0.4, -0.2) is 11.3 Å². The average molecular weight is 644 g/mol. The number of hydrogen-bond acceptors (Lipinski definition) is 0. The van der Waals surface area contributed by atoms with Crippen LogP contribution in [0.25, 0.3) is 60.9 Å². The first-order valence-corrected chi connectivity index (χ1v) is 18.0. The summed E-state index contributed by atoms with van der Waals surface area (Å²) in [6.45, 7) is 0.0706. The molecule has 0 fully saturated rings. The minimum absolute atomic E-state index is 0.0706. The number of nitrogens with zero attached hydrogens (tertiary/aromatic N) is 1. The molecule has 12 rings (SSSR count). The third kappa shape index (κ3) is 3.29. The molecule has 3 heterocycles. The second kappa shape index (κ2) is 9.87. The Bertz CT molecular complexity index is 2870. The van der Waals surface area contributed by atoms with Crippen LogP contribution < -0.4 is 16.4 Å². The molecule has 2 aliphatic heterocycles. The molecule has 1 aromatic heterocycles. The van der Waals surface area contributed by atoms with E-state index in [1.165, 1.54) is 99.5 Å². The fourth-order valence-electron chi connectivity index (χ4n) is 10.3. The Morgan fingerprint density at radius 2 is 1.02 bits per heavy atom. The first kappa shape index (κ1) is 27.4. The van der Waals surface area contributed by atoms with Crippen molar-refractivity contribution in [3.05, 3.63) is 204 Å². The van der Waals surface area contributed by atoms with Crippen molar-refractivity contribution in [2.45, 2.75) is 5.41 Å². The van der Waals surface area contributed by atoms with Gasteiger partial charge in [-0.1, -0.05) is 175 Å². The van der Waals surface area contributed by atoms with Gasteiger partial charge >= 0.3 is 0 Å². The fourth-order valence-corrected chi connectivity index (χ4v) is 10.3. The van der Waals surface area contributed by atoms with E-state index >= 15 is 0 Å². The summed E-state index contributed by atoms with van der Waals surface area (Å²) in [4.78, 5) is 0. The zero-order chi connectivity index (χ0) is 33.3. The van der Waals surface area contributed by atoms with Gasteiger partial charge in [0, 0.05) is 16.6 Å². The van der Waals surface area contributed by atoms with Gasteiger partial charge < -0.3 is 4.57 Å². The third-order valence-electron chi connectivity index (χ3n) is 12.1. The number of hydrogen-bond donors (Lipinski definition) is 0. The lowest BCUT2D eigenvalue weighted by atomic mass is 9.29. The second-order valence-corrected chi connectivity index (χ2v) is 14.3. The van der Waals surface area contributed by atoms with Crippen molar-refractivity contribution >= 4 is 44.8 Å². The highest BCUT2D eigenvalue weighted by atomic mass is 15.0. The van der Waals surface area contributed by atoms with Gasteiger partial charge in [-0.05, 0) is 78.3 Å². The van der Waals surface area contributed by atoms with Gasteiger partial charge in [-0.25, -0.2) is 0 Å². The smallest absolute Gasteiger partial charge is 0.248 e. The van der Waals surface area contributed by atoms with Crippen LogP contribution in [0.2, 0.25) is 0 Å². The van der Waals surface area contributed by atoms with Gasteiger partial charge in [-0.3, -0.25) is 0 Å².